The maximum atomic E-state index is 12.0. The van der Waals surface area contributed by atoms with Crippen molar-refractivity contribution < 1.29 is 14.3 Å². The van der Waals surface area contributed by atoms with Crippen LogP contribution in [0.25, 0.3) is 10.8 Å². The molecule has 0 saturated carbocycles. The van der Waals surface area contributed by atoms with Gasteiger partial charge in [-0.25, -0.2) is 4.79 Å². The summed E-state index contributed by atoms with van der Waals surface area (Å²) < 4.78 is 10.5. The van der Waals surface area contributed by atoms with E-state index in [0.29, 0.717) is 17.9 Å². The van der Waals surface area contributed by atoms with Gasteiger partial charge in [-0.2, -0.15) is 0 Å². The van der Waals surface area contributed by atoms with Crippen LogP contribution >= 0.6 is 0 Å². The van der Waals surface area contributed by atoms with E-state index in [1.165, 1.54) is 0 Å². The van der Waals surface area contributed by atoms with E-state index < -0.39 is 5.97 Å². The molecule has 0 radical (unpaired) electrons. The van der Waals surface area contributed by atoms with Crippen LogP contribution in [0.5, 0.6) is 0 Å². The lowest BCUT2D eigenvalue weighted by Crippen LogP contribution is -2.14. The normalized spacial score (nSPS) is 10.9. The van der Waals surface area contributed by atoms with Crippen LogP contribution in [0.3, 0.4) is 0 Å². The van der Waals surface area contributed by atoms with Gasteiger partial charge in [0.1, 0.15) is 6.61 Å². The highest BCUT2D eigenvalue weighted by atomic mass is 16.6. The molecule has 2 aromatic rings. The van der Waals surface area contributed by atoms with E-state index in [1.54, 1.807) is 12.1 Å². The van der Waals surface area contributed by atoms with E-state index >= 15 is 0 Å². The Balaban J connectivity index is 2.07. The molecule has 0 aromatic heterocycles. The number of rotatable bonds is 5. The van der Waals surface area contributed by atoms with E-state index in [4.69, 9.17) is 15.2 Å². The van der Waals surface area contributed by atoms with Gasteiger partial charge in [0.2, 0.25) is 0 Å². The number of anilines is 1. The van der Waals surface area contributed by atoms with Gasteiger partial charge in [-0.05, 0) is 36.8 Å². The molecule has 106 valence electrons. The topological polar surface area (TPSA) is 61.5 Å². The summed E-state index contributed by atoms with van der Waals surface area (Å²) in [6.45, 7) is 4.48. The van der Waals surface area contributed by atoms with Gasteiger partial charge < -0.3 is 15.2 Å². The molecule has 2 aromatic carbocycles. The Bertz CT molecular complexity index is 608. The minimum absolute atomic E-state index is 0.124. The molecule has 0 atom stereocenters. The third-order valence-electron chi connectivity index (χ3n) is 2.91. The van der Waals surface area contributed by atoms with Gasteiger partial charge in [-0.1, -0.05) is 24.3 Å². The molecular formula is C16H19NO3. The summed E-state index contributed by atoms with van der Waals surface area (Å²) in [6.07, 6.45) is 0.124. The zero-order valence-corrected chi connectivity index (χ0v) is 11.8. The molecule has 0 aliphatic carbocycles. The van der Waals surface area contributed by atoms with Crippen LogP contribution in [0.15, 0.2) is 36.4 Å². The summed E-state index contributed by atoms with van der Waals surface area (Å²) in [5, 5.41) is 1.97. The average Bonchev–Trinajstić information content (AvgIpc) is 2.42. The first kappa shape index (κ1) is 14.3. The smallest absolute Gasteiger partial charge is 0.340 e. The first-order valence-electron chi connectivity index (χ1n) is 6.65. The Kier molecular flexibility index (Phi) is 4.58. The zero-order chi connectivity index (χ0) is 14.5. The standard InChI is InChI=1S/C16H19NO3/c1-11(2)19-7-8-20-16(18)14-9-12-5-3-4-6-13(12)10-15(14)17/h3-6,9-11H,7-8,17H2,1-2H3. The van der Waals surface area contributed by atoms with Crippen LogP contribution in [-0.4, -0.2) is 25.3 Å². The molecule has 0 saturated heterocycles. The molecule has 0 aliphatic heterocycles. The Hall–Kier alpha value is -2.07. The first-order valence-corrected chi connectivity index (χ1v) is 6.65. The number of esters is 1. The van der Waals surface area contributed by atoms with Crippen LogP contribution in [0, 0.1) is 0 Å². The lowest BCUT2D eigenvalue weighted by molar-refractivity contribution is 0.0178. The Labute approximate surface area is 118 Å². The number of hydrogen-bond donors (Lipinski definition) is 1. The largest absolute Gasteiger partial charge is 0.460 e. The van der Waals surface area contributed by atoms with Crippen molar-refractivity contribution in [2.24, 2.45) is 0 Å². The Morgan fingerprint density at radius 3 is 2.45 bits per heavy atom. The summed E-state index contributed by atoms with van der Waals surface area (Å²) in [6, 6.07) is 11.3. The van der Waals surface area contributed by atoms with Gasteiger partial charge >= 0.3 is 5.97 Å². The maximum absolute atomic E-state index is 12.0. The molecule has 0 aliphatic rings. The van der Waals surface area contributed by atoms with Crippen molar-refractivity contribution in [1.29, 1.82) is 0 Å². The van der Waals surface area contributed by atoms with Crippen LogP contribution < -0.4 is 5.73 Å². The van der Waals surface area contributed by atoms with E-state index in [-0.39, 0.29) is 12.7 Å². The Morgan fingerprint density at radius 2 is 1.80 bits per heavy atom. The molecule has 2 rings (SSSR count). The van der Waals surface area contributed by atoms with Crippen molar-refractivity contribution in [3.63, 3.8) is 0 Å². The van der Waals surface area contributed by atoms with Crippen LogP contribution in [0.2, 0.25) is 0 Å². The zero-order valence-electron chi connectivity index (χ0n) is 11.8. The number of ether oxygens (including phenoxy) is 2. The quantitative estimate of drug-likeness (QED) is 0.517. The fraction of sp³-hybridized carbons (Fsp3) is 0.312. The SMILES string of the molecule is CC(C)OCCOC(=O)c1cc2ccccc2cc1N. The van der Waals surface area contributed by atoms with Crippen molar-refractivity contribution in [1.82, 2.24) is 0 Å². The summed E-state index contributed by atoms with van der Waals surface area (Å²) in [5.41, 5.74) is 6.73. The molecule has 0 amide bonds. The number of fused-ring (bicyclic) bond motifs is 1. The maximum Gasteiger partial charge on any atom is 0.340 e. The first-order chi connectivity index (χ1) is 9.58. The van der Waals surface area contributed by atoms with Gasteiger partial charge in [0.05, 0.1) is 18.3 Å². The minimum atomic E-state index is -0.416. The van der Waals surface area contributed by atoms with E-state index in [9.17, 15) is 4.79 Å². The monoisotopic (exact) mass is 273 g/mol. The van der Waals surface area contributed by atoms with Crippen molar-refractivity contribution >= 4 is 22.4 Å². The fourth-order valence-electron chi connectivity index (χ4n) is 1.93. The summed E-state index contributed by atoms with van der Waals surface area (Å²) in [7, 11) is 0. The van der Waals surface area contributed by atoms with E-state index in [2.05, 4.69) is 0 Å². The fourth-order valence-corrected chi connectivity index (χ4v) is 1.93. The molecular weight excluding hydrogens is 254 g/mol. The number of benzene rings is 2. The number of carbonyl (C=O) groups is 1. The van der Waals surface area contributed by atoms with Crippen LogP contribution in [0.4, 0.5) is 5.69 Å². The molecule has 2 N–H and O–H groups in total. The highest BCUT2D eigenvalue weighted by Crippen LogP contribution is 2.22. The van der Waals surface area contributed by atoms with Crippen LogP contribution in [0.1, 0.15) is 24.2 Å². The van der Waals surface area contributed by atoms with Crippen molar-refractivity contribution in [3.05, 3.63) is 42.0 Å². The average molecular weight is 273 g/mol. The minimum Gasteiger partial charge on any atom is -0.460 e. The van der Waals surface area contributed by atoms with Gasteiger partial charge in [0.25, 0.3) is 0 Å². The lowest BCUT2D eigenvalue weighted by Gasteiger charge is -2.10. The van der Waals surface area contributed by atoms with Gasteiger partial charge in [0.15, 0.2) is 0 Å². The second kappa shape index (κ2) is 6.39. The van der Waals surface area contributed by atoms with Crippen molar-refractivity contribution in [2.75, 3.05) is 18.9 Å². The summed E-state index contributed by atoms with van der Waals surface area (Å²) in [5.74, 6) is -0.416. The number of carbonyl (C=O) groups excluding carboxylic acids is 1. The van der Waals surface area contributed by atoms with E-state index in [0.717, 1.165) is 10.8 Å². The molecule has 0 spiro atoms. The molecule has 20 heavy (non-hydrogen) atoms. The number of nitrogen functional groups attached to an aromatic ring is 1. The second-order valence-electron chi connectivity index (χ2n) is 4.84. The number of nitrogens with two attached hydrogens (primary N) is 1. The Morgan fingerprint density at radius 1 is 1.15 bits per heavy atom. The highest BCUT2D eigenvalue weighted by Gasteiger charge is 2.12. The predicted octanol–water partition coefficient (Wildman–Crippen LogP) is 3.00. The summed E-state index contributed by atoms with van der Waals surface area (Å²) >= 11 is 0. The number of hydrogen-bond acceptors (Lipinski definition) is 4. The molecule has 0 heterocycles. The molecule has 0 unspecified atom stereocenters. The summed E-state index contributed by atoms with van der Waals surface area (Å²) in [4.78, 5) is 12.0. The van der Waals surface area contributed by atoms with Gasteiger partial charge in [-0.3, -0.25) is 0 Å². The van der Waals surface area contributed by atoms with Crippen molar-refractivity contribution in [2.45, 2.75) is 20.0 Å². The second-order valence-corrected chi connectivity index (χ2v) is 4.84. The molecule has 0 bridgehead atoms. The lowest BCUT2D eigenvalue weighted by atomic mass is 10.1. The third kappa shape index (κ3) is 3.48. The van der Waals surface area contributed by atoms with Crippen molar-refractivity contribution in [3.8, 4) is 0 Å². The predicted molar refractivity (Wildman–Crippen MR) is 79.7 cm³/mol. The third-order valence-corrected chi connectivity index (χ3v) is 2.91. The van der Waals surface area contributed by atoms with Gasteiger partial charge in [-0.15, -0.1) is 0 Å². The highest BCUT2D eigenvalue weighted by molar-refractivity contribution is 6.01. The van der Waals surface area contributed by atoms with E-state index in [1.807, 2.05) is 38.1 Å². The van der Waals surface area contributed by atoms with Gasteiger partial charge in [0, 0.05) is 5.69 Å². The van der Waals surface area contributed by atoms with Crippen LogP contribution in [-0.2, 0) is 9.47 Å². The molecule has 0 fully saturated rings. The molecule has 4 heteroatoms. The molecule has 4 nitrogen and oxygen atoms in total.